The molecule has 0 aliphatic heterocycles. The molecule has 2 N–H and O–H groups in total. The fourth-order valence-electron chi connectivity index (χ4n) is 10.9. The third kappa shape index (κ3) is 7.80. The Morgan fingerprint density at radius 3 is 1.08 bits per heavy atom. The summed E-state index contributed by atoms with van der Waals surface area (Å²) in [6, 6.07) is 29.0. The van der Waals surface area contributed by atoms with E-state index in [0.717, 1.165) is 97.8 Å². The molecule has 8 bridgehead atoms. The molecule has 9 rings (SSSR count). The molecule has 0 spiro atoms. The molecule has 5 aromatic heterocycles. The number of rotatable bonds is 8. The number of hydrogen-bond acceptors (Lipinski definition) is 2. The molecule has 5 heterocycles. The summed E-state index contributed by atoms with van der Waals surface area (Å²) in [5.41, 5.74) is 15.8. The van der Waals surface area contributed by atoms with E-state index in [4.69, 9.17) is 9.97 Å². The van der Waals surface area contributed by atoms with Crippen LogP contribution in [0.2, 0.25) is 0 Å². The number of allylic oxidation sites excluding steroid dienone is 2. The number of H-pyrrole nitrogens is 2. The van der Waals surface area contributed by atoms with Crippen LogP contribution in [-0.2, 0) is 27.1 Å². The number of aromatic amines is 2. The number of nitrogens with one attached hydrogen (secondary N) is 2. The first-order chi connectivity index (χ1) is 30.9. The van der Waals surface area contributed by atoms with E-state index in [9.17, 15) is 0 Å². The predicted octanol–water partition coefficient (Wildman–Crippen LogP) is 18.2. The molecule has 0 fully saturated rings. The van der Waals surface area contributed by atoms with Gasteiger partial charge < -0.3 is 9.97 Å². The number of benzene rings is 4. The second-order valence-electron chi connectivity index (χ2n) is 24.0. The smallest absolute Gasteiger partial charge is 0.0733 e. The maximum absolute atomic E-state index is 5.90. The summed E-state index contributed by atoms with van der Waals surface area (Å²) in [5, 5.41) is 9.49. The summed E-state index contributed by atoms with van der Waals surface area (Å²) in [6.45, 7) is 37.3. The fraction of sp³-hybridized carbons (Fsp3) is 0.419. The van der Waals surface area contributed by atoms with Gasteiger partial charge in [0.25, 0.3) is 0 Å². The van der Waals surface area contributed by atoms with Gasteiger partial charge in [0.15, 0.2) is 0 Å². The van der Waals surface area contributed by atoms with Gasteiger partial charge in [0.05, 0.1) is 44.1 Å². The van der Waals surface area contributed by atoms with Crippen LogP contribution in [0.15, 0.2) is 84.9 Å². The van der Waals surface area contributed by atoms with Gasteiger partial charge in [-0.3, -0.25) is 0 Å². The number of aromatic nitrogens is 4. The number of nitrogens with zero attached hydrogens (tertiary/aromatic N) is 2. The Bertz CT molecular complexity index is 3470. The Labute approximate surface area is 393 Å². The standard InChI is InChI=1S/C62H74N4/c1-17-20-23-61(14,15)40-32-45-44-28-39(60(11,12)13)31-48-53-35-41(62(16,21-18-2)22-19-3)34-52(64-53)47-30-38(59(8,9)10)27-43-42-26-37(58(5,6)7)29-46(54(42)65-55(43)47)50-24-36(4)25-51(63-50)49(33-40)57(45)66-56(44)48/h17,20,24-35,65-66H,18-19,21-23H2,1-16H3. The zero-order valence-electron chi connectivity index (χ0n) is 43.0. The summed E-state index contributed by atoms with van der Waals surface area (Å²) in [4.78, 5) is 19.9. The van der Waals surface area contributed by atoms with Gasteiger partial charge in [-0.05, 0) is 166 Å². The summed E-state index contributed by atoms with van der Waals surface area (Å²) in [7, 11) is 0. The molecule has 0 unspecified atom stereocenters. The van der Waals surface area contributed by atoms with Crippen molar-refractivity contribution in [2.75, 3.05) is 0 Å². The van der Waals surface area contributed by atoms with Crippen molar-refractivity contribution < 1.29 is 0 Å². The number of fused-ring (bicyclic) bond motifs is 10. The highest BCUT2D eigenvalue weighted by atomic mass is 14.8. The van der Waals surface area contributed by atoms with Crippen molar-refractivity contribution in [2.45, 2.75) is 170 Å². The lowest BCUT2D eigenvalue weighted by molar-refractivity contribution is 0.392. The average Bonchev–Trinajstić information content (AvgIpc) is 3.81. The van der Waals surface area contributed by atoms with E-state index in [1.807, 2.05) is 0 Å². The number of hydrogen-bond donors (Lipinski definition) is 2. The third-order valence-corrected chi connectivity index (χ3v) is 15.1. The van der Waals surface area contributed by atoms with Crippen LogP contribution in [0.25, 0.3) is 87.2 Å². The molecule has 4 heteroatoms. The maximum atomic E-state index is 5.90. The molecule has 0 radical (unpaired) electrons. The van der Waals surface area contributed by atoms with Crippen molar-refractivity contribution in [3.8, 4) is 0 Å². The first-order valence-corrected chi connectivity index (χ1v) is 24.9. The Kier molecular flexibility index (Phi) is 10.9. The molecule has 0 saturated heterocycles. The molecule has 66 heavy (non-hydrogen) atoms. The average molecular weight is 875 g/mol. The van der Waals surface area contributed by atoms with Crippen LogP contribution in [0.5, 0.6) is 0 Å². The molecule has 4 aromatic carbocycles. The zero-order valence-corrected chi connectivity index (χ0v) is 43.0. The van der Waals surface area contributed by atoms with Crippen molar-refractivity contribution in [1.82, 2.24) is 19.9 Å². The predicted molar refractivity (Wildman–Crippen MR) is 290 cm³/mol. The first kappa shape index (κ1) is 45.7. The summed E-state index contributed by atoms with van der Waals surface area (Å²) in [6.07, 6.45) is 9.87. The fourth-order valence-corrected chi connectivity index (χ4v) is 10.9. The Morgan fingerprint density at radius 1 is 0.424 bits per heavy atom. The lowest BCUT2D eigenvalue weighted by Gasteiger charge is -2.30. The molecular formula is C62H74N4. The van der Waals surface area contributed by atoms with E-state index in [0.29, 0.717) is 0 Å². The van der Waals surface area contributed by atoms with Crippen molar-refractivity contribution in [3.63, 3.8) is 0 Å². The summed E-state index contributed by atoms with van der Waals surface area (Å²) >= 11 is 0. The van der Waals surface area contributed by atoms with Gasteiger partial charge in [-0.1, -0.05) is 122 Å². The van der Waals surface area contributed by atoms with Gasteiger partial charge in [-0.25, -0.2) is 9.97 Å². The van der Waals surface area contributed by atoms with Crippen LogP contribution in [0.1, 0.15) is 169 Å². The van der Waals surface area contributed by atoms with Crippen LogP contribution >= 0.6 is 0 Å². The molecule has 0 atom stereocenters. The molecule has 0 amide bonds. The van der Waals surface area contributed by atoms with Crippen LogP contribution in [0.4, 0.5) is 0 Å². The highest BCUT2D eigenvalue weighted by Gasteiger charge is 2.29. The van der Waals surface area contributed by atoms with Gasteiger partial charge >= 0.3 is 0 Å². The molecule has 0 aliphatic carbocycles. The molecule has 4 nitrogen and oxygen atoms in total. The highest BCUT2D eigenvalue weighted by Crippen LogP contribution is 2.44. The third-order valence-electron chi connectivity index (χ3n) is 15.1. The van der Waals surface area contributed by atoms with Crippen molar-refractivity contribution >= 4 is 87.2 Å². The van der Waals surface area contributed by atoms with Crippen molar-refractivity contribution in [2.24, 2.45) is 0 Å². The van der Waals surface area contributed by atoms with Crippen molar-refractivity contribution in [3.05, 3.63) is 118 Å². The maximum Gasteiger partial charge on any atom is 0.0733 e. The van der Waals surface area contributed by atoms with Gasteiger partial charge in [0.1, 0.15) is 0 Å². The molecule has 9 aromatic rings. The van der Waals surface area contributed by atoms with Crippen LogP contribution in [-0.4, -0.2) is 19.9 Å². The Morgan fingerprint density at radius 2 is 0.742 bits per heavy atom. The normalized spacial score (nSPS) is 13.7. The SMILES string of the molecule is CC=CCC(C)(C)c1cc2c3cc(C)cc(n3)c3cc(C(C)(C)C)cc4c5cc(C(C)(C)C)cc(c6cc(C(C)(CCC)CCC)cc(n6)c6cc(C(C)(C)C)cc7c(c1)c2[nH]c67)c5[nH]c34. The monoisotopic (exact) mass is 875 g/mol. The Balaban J connectivity index is 1.66. The molecule has 342 valence electrons. The molecule has 0 saturated carbocycles. The zero-order chi connectivity index (χ0) is 47.5. The van der Waals surface area contributed by atoms with E-state index in [2.05, 4.69) is 206 Å². The quantitative estimate of drug-likeness (QED) is 0.149. The van der Waals surface area contributed by atoms with Crippen LogP contribution in [0, 0.1) is 6.92 Å². The second kappa shape index (κ2) is 15.8. The minimum atomic E-state index is -0.122. The lowest BCUT2D eigenvalue weighted by atomic mass is 9.75. The summed E-state index contributed by atoms with van der Waals surface area (Å²) < 4.78 is 0. The number of aryl methyl sites for hydroxylation is 1. The highest BCUT2D eigenvalue weighted by molar-refractivity contribution is 6.23. The van der Waals surface area contributed by atoms with Gasteiger partial charge in [-0.2, -0.15) is 0 Å². The van der Waals surface area contributed by atoms with E-state index in [1.165, 1.54) is 54.9 Å². The van der Waals surface area contributed by atoms with Crippen molar-refractivity contribution in [1.29, 1.82) is 0 Å². The van der Waals surface area contributed by atoms with E-state index in [1.54, 1.807) is 0 Å². The molecular weight excluding hydrogens is 801 g/mol. The Hall–Kier alpha value is -5.48. The second-order valence-corrected chi connectivity index (χ2v) is 24.0. The van der Waals surface area contributed by atoms with Crippen LogP contribution < -0.4 is 0 Å². The van der Waals surface area contributed by atoms with Gasteiger partial charge in [-0.15, -0.1) is 0 Å². The lowest BCUT2D eigenvalue weighted by Crippen LogP contribution is -2.21. The van der Waals surface area contributed by atoms with E-state index < -0.39 is 0 Å². The van der Waals surface area contributed by atoms with Gasteiger partial charge in [0.2, 0.25) is 0 Å². The summed E-state index contributed by atoms with van der Waals surface area (Å²) in [5.74, 6) is 0. The van der Waals surface area contributed by atoms with Crippen LogP contribution in [0.3, 0.4) is 0 Å². The minimum absolute atomic E-state index is 0.0270. The largest absolute Gasteiger partial charge is 0.353 e. The van der Waals surface area contributed by atoms with Gasteiger partial charge in [0, 0.05) is 43.1 Å². The minimum Gasteiger partial charge on any atom is -0.353 e. The van der Waals surface area contributed by atoms with E-state index >= 15 is 0 Å². The topological polar surface area (TPSA) is 57.4 Å². The number of pyridine rings is 2. The van der Waals surface area contributed by atoms with E-state index in [-0.39, 0.29) is 27.1 Å². The molecule has 0 aliphatic rings. The first-order valence-electron chi connectivity index (χ1n) is 24.9.